The topological polar surface area (TPSA) is 62.2 Å². The van der Waals surface area contributed by atoms with Crippen LogP contribution >= 0.6 is 0 Å². The van der Waals surface area contributed by atoms with Crippen LogP contribution in [0.25, 0.3) is 0 Å². The molecule has 0 atom stereocenters. The maximum absolute atomic E-state index is 10.8. The molecule has 92 valence electrons. The van der Waals surface area contributed by atoms with E-state index < -0.39 is 5.97 Å². The number of aromatic nitrogens is 1. The Labute approximate surface area is 105 Å². The number of aromatic carboxylic acids is 1. The van der Waals surface area contributed by atoms with Crippen molar-refractivity contribution in [3.8, 4) is 0 Å². The van der Waals surface area contributed by atoms with Crippen molar-refractivity contribution in [3.05, 3.63) is 59.8 Å². The van der Waals surface area contributed by atoms with Crippen molar-refractivity contribution < 1.29 is 9.90 Å². The Morgan fingerprint density at radius 2 is 1.89 bits per heavy atom. The Bertz CT molecular complexity index is 526. The van der Waals surface area contributed by atoms with Crippen LogP contribution in [0.2, 0.25) is 0 Å². The molecule has 0 aliphatic heterocycles. The van der Waals surface area contributed by atoms with E-state index in [1.54, 1.807) is 12.1 Å². The normalized spacial score (nSPS) is 10.0. The number of benzene rings is 1. The van der Waals surface area contributed by atoms with Crippen LogP contribution < -0.4 is 5.32 Å². The zero-order valence-electron chi connectivity index (χ0n) is 9.84. The number of carboxylic acids is 1. The summed E-state index contributed by atoms with van der Waals surface area (Å²) >= 11 is 0. The predicted octanol–water partition coefficient (Wildman–Crippen LogP) is 2.43. The number of anilines is 1. The number of nitrogens with one attached hydrogen (secondary N) is 1. The van der Waals surface area contributed by atoms with Gasteiger partial charge in [0.25, 0.3) is 0 Å². The molecule has 0 unspecified atom stereocenters. The van der Waals surface area contributed by atoms with Gasteiger partial charge in [-0.1, -0.05) is 36.4 Å². The maximum atomic E-state index is 10.8. The Balaban J connectivity index is 1.90. The second-order valence-electron chi connectivity index (χ2n) is 3.88. The first-order valence-electron chi connectivity index (χ1n) is 5.74. The second kappa shape index (κ2) is 5.82. The lowest BCUT2D eigenvalue weighted by Gasteiger charge is -2.06. The van der Waals surface area contributed by atoms with Crippen LogP contribution in [-0.4, -0.2) is 22.6 Å². The second-order valence-corrected chi connectivity index (χ2v) is 3.88. The monoisotopic (exact) mass is 242 g/mol. The van der Waals surface area contributed by atoms with E-state index in [2.05, 4.69) is 22.4 Å². The molecule has 0 radical (unpaired) electrons. The molecule has 2 aromatic rings. The van der Waals surface area contributed by atoms with Crippen LogP contribution in [-0.2, 0) is 6.42 Å². The third-order valence-corrected chi connectivity index (χ3v) is 2.53. The molecule has 2 N–H and O–H groups in total. The number of carbonyl (C=O) groups is 1. The fraction of sp³-hybridized carbons (Fsp3) is 0.143. The third kappa shape index (κ3) is 3.31. The van der Waals surface area contributed by atoms with Gasteiger partial charge in [-0.25, -0.2) is 9.78 Å². The van der Waals surface area contributed by atoms with Gasteiger partial charge in [0.2, 0.25) is 0 Å². The summed E-state index contributed by atoms with van der Waals surface area (Å²) in [7, 11) is 0. The van der Waals surface area contributed by atoms with Gasteiger partial charge in [-0.05, 0) is 24.1 Å². The lowest BCUT2D eigenvalue weighted by molar-refractivity contribution is 0.0690. The molecule has 4 nitrogen and oxygen atoms in total. The summed E-state index contributed by atoms with van der Waals surface area (Å²) in [6.45, 7) is 0.722. The first-order valence-corrected chi connectivity index (χ1v) is 5.74. The molecular formula is C14H14N2O2. The molecule has 0 amide bonds. The summed E-state index contributed by atoms with van der Waals surface area (Å²) in [6.07, 6.45) is 0.875. The van der Waals surface area contributed by atoms with Gasteiger partial charge >= 0.3 is 5.97 Å². The average Bonchev–Trinajstić information content (AvgIpc) is 2.40. The molecule has 0 saturated heterocycles. The fourth-order valence-corrected chi connectivity index (χ4v) is 1.63. The SMILES string of the molecule is O=C(O)c1cccc(NCCc2ccccc2)n1. The smallest absolute Gasteiger partial charge is 0.354 e. The van der Waals surface area contributed by atoms with Gasteiger partial charge < -0.3 is 10.4 Å². The van der Waals surface area contributed by atoms with Crippen molar-refractivity contribution >= 4 is 11.8 Å². The van der Waals surface area contributed by atoms with E-state index in [1.165, 1.54) is 11.6 Å². The quantitative estimate of drug-likeness (QED) is 0.845. The van der Waals surface area contributed by atoms with Gasteiger partial charge in [-0.15, -0.1) is 0 Å². The van der Waals surface area contributed by atoms with Gasteiger partial charge in [-0.2, -0.15) is 0 Å². The minimum absolute atomic E-state index is 0.0553. The fourth-order valence-electron chi connectivity index (χ4n) is 1.63. The molecule has 0 bridgehead atoms. The van der Waals surface area contributed by atoms with E-state index in [-0.39, 0.29) is 5.69 Å². The molecule has 0 spiro atoms. The van der Waals surface area contributed by atoms with E-state index in [0.29, 0.717) is 5.82 Å². The molecule has 0 saturated carbocycles. The van der Waals surface area contributed by atoms with E-state index in [9.17, 15) is 4.79 Å². The van der Waals surface area contributed by atoms with Gasteiger partial charge in [0.1, 0.15) is 5.82 Å². The Kier molecular flexibility index (Phi) is 3.91. The molecule has 0 aliphatic carbocycles. The summed E-state index contributed by atoms with van der Waals surface area (Å²) < 4.78 is 0. The van der Waals surface area contributed by atoms with E-state index in [1.807, 2.05) is 18.2 Å². The Morgan fingerprint density at radius 3 is 2.61 bits per heavy atom. The van der Waals surface area contributed by atoms with Crippen molar-refractivity contribution in [3.63, 3.8) is 0 Å². The van der Waals surface area contributed by atoms with Gasteiger partial charge in [0.05, 0.1) is 0 Å². The van der Waals surface area contributed by atoms with Crippen LogP contribution in [0.3, 0.4) is 0 Å². The zero-order valence-corrected chi connectivity index (χ0v) is 9.84. The van der Waals surface area contributed by atoms with Crippen molar-refractivity contribution in [2.75, 3.05) is 11.9 Å². The minimum atomic E-state index is -1.01. The lowest BCUT2D eigenvalue weighted by atomic mass is 10.1. The van der Waals surface area contributed by atoms with Crippen molar-refractivity contribution in [1.82, 2.24) is 4.98 Å². The van der Waals surface area contributed by atoms with Gasteiger partial charge in [0, 0.05) is 6.54 Å². The zero-order chi connectivity index (χ0) is 12.8. The van der Waals surface area contributed by atoms with E-state index in [0.717, 1.165) is 13.0 Å². The van der Waals surface area contributed by atoms with Crippen molar-refractivity contribution in [2.24, 2.45) is 0 Å². The van der Waals surface area contributed by atoms with Crippen LogP contribution in [0, 0.1) is 0 Å². The summed E-state index contributed by atoms with van der Waals surface area (Å²) in [5, 5.41) is 11.9. The standard InChI is InChI=1S/C14H14N2O2/c17-14(18)12-7-4-8-13(16-12)15-10-9-11-5-2-1-3-6-11/h1-8H,9-10H2,(H,15,16)(H,17,18). The molecule has 1 aromatic heterocycles. The van der Waals surface area contributed by atoms with Crippen LogP contribution in [0.4, 0.5) is 5.82 Å². The highest BCUT2D eigenvalue weighted by Crippen LogP contribution is 2.06. The summed E-state index contributed by atoms with van der Waals surface area (Å²) in [5.74, 6) is -0.424. The predicted molar refractivity (Wildman–Crippen MR) is 69.8 cm³/mol. The molecule has 0 fully saturated rings. The van der Waals surface area contributed by atoms with Crippen LogP contribution in [0.15, 0.2) is 48.5 Å². The maximum Gasteiger partial charge on any atom is 0.354 e. The molecule has 2 rings (SSSR count). The van der Waals surface area contributed by atoms with Crippen molar-refractivity contribution in [1.29, 1.82) is 0 Å². The first-order chi connectivity index (χ1) is 8.75. The molecule has 1 aromatic carbocycles. The molecule has 18 heavy (non-hydrogen) atoms. The van der Waals surface area contributed by atoms with Crippen molar-refractivity contribution in [2.45, 2.75) is 6.42 Å². The lowest BCUT2D eigenvalue weighted by Crippen LogP contribution is -2.08. The summed E-state index contributed by atoms with van der Waals surface area (Å²) in [5.41, 5.74) is 1.29. The van der Waals surface area contributed by atoms with Crippen LogP contribution in [0.5, 0.6) is 0 Å². The largest absolute Gasteiger partial charge is 0.477 e. The number of nitrogens with zero attached hydrogens (tertiary/aromatic N) is 1. The number of hydrogen-bond donors (Lipinski definition) is 2. The highest BCUT2D eigenvalue weighted by Gasteiger charge is 2.04. The minimum Gasteiger partial charge on any atom is -0.477 e. The van der Waals surface area contributed by atoms with Crippen LogP contribution in [0.1, 0.15) is 16.1 Å². The number of hydrogen-bond acceptors (Lipinski definition) is 3. The van der Waals surface area contributed by atoms with E-state index in [4.69, 9.17) is 5.11 Å². The summed E-state index contributed by atoms with van der Waals surface area (Å²) in [6, 6.07) is 15.0. The molecule has 1 heterocycles. The van der Waals surface area contributed by atoms with E-state index >= 15 is 0 Å². The number of carboxylic acid groups (broad SMARTS) is 1. The molecule has 4 heteroatoms. The van der Waals surface area contributed by atoms with Gasteiger partial charge in [0.15, 0.2) is 5.69 Å². The number of rotatable bonds is 5. The average molecular weight is 242 g/mol. The Hall–Kier alpha value is -2.36. The first kappa shape index (κ1) is 12.1. The number of pyridine rings is 1. The van der Waals surface area contributed by atoms with Gasteiger partial charge in [-0.3, -0.25) is 0 Å². The third-order valence-electron chi connectivity index (χ3n) is 2.53. The highest BCUT2D eigenvalue weighted by atomic mass is 16.4. The Morgan fingerprint density at radius 1 is 1.11 bits per heavy atom. The highest BCUT2D eigenvalue weighted by molar-refractivity contribution is 5.85. The molecule has 0 aliphatic rings. The summed E-state index contributed by atoms with van der Waals surface area (Å²) in [4.78, 5) is 14.8. The molecular weight excluding hydrogens is 228 g/mol.